The van der Waals surface area contributed by atoms with Crippen LogP contribution in [0.25, 0.3) is 0 Å². The van der Waals surface area contributed by atoms with Crippen molar-refractivity contribution in [1.29, 1.82) is 0 Å². The largest absolute Gasteiger partial charge is 0.497 e. The van der Waals surface area contributed by atoms with Gasteiger partial charge in [0.15, 0.2) is 16.6 Å². The molecule has 8 atom stereocenters. The summed E-state index contributed by atoms with van der Waals surface area (Å²) in [5, 5.41) is 12.2. The van der Waals surface area contributed by atoms with Gasteiger partial charge in [-0.25, -0.2) is 9.69 Å². The van der Waals surface area contributed by atoms with Crippen LogP contribution in [-0.4, -0.2) is 95.5 Å². The van der Waals surface area contributed by atoms with Crippen LogP contribution in [-0.2, 0) is 34.5 Å². The third-order valence-corrected chi connectivity index (χ3v) is 21.1. The fourth-order valence-electron chi connectivity index (χ4n) is 6.32. The number of carbonyl (C=O) groups excluding carboxylic acids is 2. The number of hydrogen-bond acceptors (Lipinski definition) is 9. The molecule has 0 saturated carbocycles. The molecule has 2 aliphatic rings. The number of rotatable bonds is 18. The minimum absolute atomic E-state index is 0.00382. The number of imide groups is 1. The fourth-order valence-corrected chi connectivity index (χ4v) is 8.76. The van der Waals surface area contributed by atoms with Gasteiger partial charge in [0.1, 0.15) is 18.0 Å². The molecule has 1 aromatic carbocycles. The second-order valence-electron chi connectivity index (χ2n) is 18.4. The van der Waals surface area contributed by atoms with Crippen molar-refractivity contribution < 1.29 is 42.5 Å². The van der Waals surface area contributed by atoms with Crippen LogP contribution in [0.15, 0.2) is 36.9 Å². The highest BCUT2D eigenvalue weighted by Crippen LogP contribution is 2.51. The van der Waals surface area contributed by atoms with Gasteiger partial charge in [0, 0.05) is 18.4 Å². The summed E-state index contributed by atoms with van der Waals surface area (Å²) in [5.41, 5.74) is 0.224. The van der Waals surface area contributed by atoms with Gasteiger partial charge in [-0.2, -0.15) is 0 Å². The van der Waals surface area contributed by atoms with Crippen LogP contribution < -0.4 is 4.74 Å². The van der Waals surface area contributed by atoms with Crippen LogP contribution in [0.2, 0.25) is 36.3 Å². The van der Waals surface area contributed by atoms with Crippen LogP contribution >= 0.6 is 0 Å². The van der Waals surface area contributed by atoms with E-state index < -0.39 is 64.3 Å². The van der Waals surface area contributed by atoms with Crippen molar-refractivity contribution in [2.24, 2.45) is 23.7 Å². The van der Waals surface area contributed by atoms with E-state index in [1.807, 2.05) is 45.0 Å². The van der Waals surface area contributed by atoms with E-state index in [4.69, 9.17) is 27.8 Å². The number of cyclic esters (lactones) is 1. The summed E-state index contributed by atoms with van der Waals surface area (Å²) >= 11 is 0. The highest BCUT2D eigenvalue weighted by Gasteiger charge is 2.65. The predicted octanol–water partition coefficient (Wildman–Crippen LogP) is 8.20. The van der Waals surface area contributed by atoms with Gasteiger partial charge in [-0.1, -0.05) is 80.5 Å². The average Bonchev–Trinajstić information content (AvgIpc) is 3.58. The summed E-state index contributed by atoms with van der Waals surface area (Å²) in [4.78, 5) is 28.3. The molecule has 3 rings (SSSR count). The SMILES string of the molecule is C=C[C@H](C(=O)N1C(=O)OC[C@@H]1C(C)C)[C@H](O)[C@H](CO[Si](C)(C)C(C)(C)C)[C@H](O[Si](C)(C)C(C)(C)C)[C@@]1(C)O[C@@H]1[C@@H](C)COCc1ccc(OC)cc1. The zero-order chi connectivity index (χ0) is 39.6. The first kappa shape index (κ1) is 44.3. The second kappa shape index (κ2) is 16.7. The first-order valence-corrected chi connectivity index (χ1v) is 24.6. The number of nitrogens with zero attached hydrogens (tertiary/aromatic N) is 1. The summed E-state index contributed by atoms with van der Waals surface area (Å²) in [5.74, 6) is -1.59. The predicted molar refractivity (Wildman–Crippen MR) is 210 cm³/mol. The van der Waals surface area contributed by atoms with E-state index in [0.29, 0.717) is 13.2 Å². The van der Waals surface area contributed by atoms with Crippen molar-refractivity contribution in [3.8, 4) is 5.75 Å². The molecule has 0 aliphatic carbocycles. The molecule has 1 N–H and O–H groups in total. The number of aliphatic hydroxyl groups is 1. The molecule has 0 radical (unpaired) electrons. The minimum atomic E-state index is -2.51. The minimum Gasteiger partial charge on any atom is -0.497 e. The van der Waals surface area contributed by atoms with Crippen molar-refractivity contribution in [2.45, 2.75) is 142 Å². The maximum Gasteiger partial charge on any atom is 0.417 e. The Hall–Kier alpha value is -2.07. The number of epoxide rings is 1. The number of ether oxygens (including phenoxy) is 4. The van der Waals surface area contributed by atoms with Crippen LogP contribution in [0.4, 0.5) is 4.79 Å². The highest BCUT2D eigenvalue weighted by atomic mass is 28.4. The first-order valence-electron chi connectivity index (χ1n) is 18.8. The molecule has 10 nitrogen and oxygen atoms in total. The van der Waals surface area contributed by atoms with E-state index in [-0.39, 0.29) is 41.2 Å². The van der Waals surface area contributed by atoms with E-state index >= 15 is 0 Å². The third kappa shape index (κ3) is 9.97. The van der Waals surface area contributed by atoms with Crippen LogP contribution in [0, 0.1) is 23.7 Å². The molecule has 0 spiro atoms. The number of methoxy groups -OCH3 is 1. The van der Waals surface area contributed by atoms with E-state index in [1.54, 1.807) is 7.11 Å². The van der Waals surface area contributed by atoms with Gasteiger partial charge in [0.25, 0.3) is 0 Å². The fraction of sp³-hybridized carbons (Fsp3) is 0.750. The molecule has 2 heterocycles. The topological polar surface area (TPSA) is 116 Å². The molecule has 2 amide bonds. The Bertz CT molecular complexity index is 1370. The quantitative estimate of drug-likeness (QED) is 0.0898. The summed E-state index contributed by atoms with van der Waals surface area (Å²) in [7, 11) is -3.20. The first-order chi connectivity index (χ1) is 23.8. The molecule has 1 aromatic rings. The van der Waals surface area contributed by atoms with Crippen molar-refractivity contribution in [3.63, 3.8) is 0 Å². The number of aliphatic hydroxyl groups excluding tert-OH is 1. The van der Waals surface area contributed by atoms with E-state index in [2.05, 4.69) is 81.2 Å². The molecule has 0 bridgehead atoms. The lowest BCUT2D eigenvalue weighted by Gasteiger charge is -2.46. The molecule has 0 aromatic heterocycles. The Labute approximate surface area is 316 Å². The van der Waals surface area contributed by atoms with Crippen LogP contribution in [0.5, 0.6) is 5.75 Å². The summed E-state index contributed by atoms with van der Waals surface area (Å²) in [6.07, 6.45) is -1.44. The Kier molecular flexibility index (Phi) is 14.3. The highest BCUT2D eigenvalue weighted by molar-refractivity contribution is 6.74. The maximum absolute atomic E-state index is 14.3. The normalized spacial score (nSPS) is 24.2. The third-order valence-electron chi connectivity index (χ3n) is 12.1. The van der Waals surface area contributed by atoms with Gasteiger partial charge in [-0.05, 0) is 66.8 Å². The van der Waals surface area contributed by atoms with E-state index in [1.165, 1.54) is 6.08 Å². The molecule has 12 heteroatoms. The van der Waals surface area contributed by atoms with Gasteiger partial charge < -0.3 is 32.9 Å². The van der Waals surface area contributed by atoms with Gasteiger partial charge in [-0.15, -0.1) is 6.58 Å². The van der Waals surface area contributed by atoms with Gasteiger partial charge in [0.05, 0.1) is 50.6 Å². The number of carbonyl (C=O) groups is 2. The Balaban J connectivity index is 2.02. The molecule has 52 heavy (non-hydrogen) atoms. The standard InChI is InChI=1S/C40H69NO9Si2/c1-17-30(36(43)41-32(26(2)3)25-47-37(41)44)33(42)31(24-48-51(13,14)38(5,6)7)35(50-52(15,16)39(8,9)10)40(11)34(49-40)27(4)22-46-23-28-18-20-29(45-12)21-19-28/h17-21,26-27,30-35,42H,1,22-25H2,2-16H3/t27-,30-,31-,32+,33-,34+,35-,40-/m0/s1. The number of amides is 2. The average molecular weight is 764 g/mol. The van der Waals surface area contributed by atoms with Crippen molar-refractivity contribution in [1.82, 2.24) is 4.90 Å². The molecule has 296 valence electrons. The lowest BCUT2D eigenvalue weighted by molar-refractivity contribution is -0.139. The number of hydrogen-bond donors (Lipinski definition) is 1. The van der Waals surface area contributed by atoms with E-state index in [0.717, 1.165) is 16.2 Å². The monoisotopic (exact) mass is 763 g/mol. The van der Waals surface area contributed by atoms with Crippen molar-refractivity contribution >= 4 is 28.6 Å². The smallest absolute Gasteiger partial charge is 0.417 e. The van der Waals surface area contributed by atoms with Gasteiger partial charge in [0.2, 0.25) is 5.91 Å². The molecule has 2 aliphatic heterocycles. The Morgan fingerprint density at radius 2 is 1.62 bits per heavy atom. The molecule has 0 unspecified atom stereocenters. The lowest BCUT2D eigenvalue weighted by Crippen LogP contribution is -2.57. The molecular weight excluding hydrogens is 695 g/mol. The maximum atomic E-state index is 14.3. The zero-order valence-corrected chi connectivity index (χ0v) is 36.7. The van der Waals surface area contributed by atoms with Crippen molar-refractivity contribution in [2.75, 3.05) is 26.9 Å². The summed E-state index contributed by atoms with van der Waals surface area (Å²) in [6, 6.07) is 7.37. The Morgan fingerprint density at radius 1 is 1.04 bits per heavy atom. The Morgan fingerprint density at radius 3 is 2.12 bits per heavy atom. The molecule has 2 saturated heterocycles. The van der Waals surface area contributed by atoms with Crippen LogP contribution in [0.1, 0.15) is 74.8 Å². The molecular formula is C40H69NO9Si2. The molecule has 2 fully saturated rings. The van der Waals surface area contributed by atoms with Gasteiger partial charge >= 0.3 is 6.09 Å². The summed E-state index contributed by atoms with van der Waals surface area (Å²) in [6.45, 7) is 34.9. The zero-order valence-electron chi connectivity index (χ0n) is 34.7. The van der Waals surface area contributed by atoms with Crippen molar-refractivity contribution in [3.05, 3.63) is 42.5 Å². The number of benzene rings is 1. The van der Waals surface area contributed by atoms with E-state index in [9.17, 15) is 14.7 Å². The summed E-state index contributed by atoms with van der Waals surface area (Å²) < 4.78 is 37.6. The van der Waals surface area contributed by atoms with Crippen LogP contribution in [0.3, 0.4) is 0 Å². The second-order valence-corrected chi connectivity index (χ2v) is 28.0. The lowest BCUT2D eigenvalue weighted by atomic mass is 9.79. The van der Waals surface area contributed by atoms with Gasteiger partial charge in [-0.3, -0.25) is 4.79 Å².